The van der Waals surface area contributed by atoms with Gasteiger partial charge in [0, 0.05) is 4.47 Å². The molecule has 0 aliphatic rings. The number of nitrogens with one attached hydrogen (secondary N) is 1. The third-order valence-corrected chi connectivity index (χ3v) is 4.37. The third kappa shape index (κ3) is 4.02. The highest BCUT2D eigenvalue weighted by atomic mass is 79.9. The first-order chi connectivity index (χ1) is 10.0. The quantitative estimate of drug-likeness (QED) is 0.732. The van der Waals surface area contributed by atoms with E-state index in [0.717, 1.165) is 29.1 Å². The summed E-state index contributed by atoms with van der Waals surface area (Å²) in [5.74, 6) is -1.69. The maximum absolute atomic E-state index is 13.5. The molecule has 0 aliphatic heterocycles. The smallest absolute Gasteiger partial charge is 0.159 e. The molecule has 0 fully saturated rings. The van der Waals surface area contributed by atoms with Crippen LogP contribution in [0.5, 0.6) is 0 Å². The van der Waals surface area contributed by atoms with E-state index in [0.29, 0.717) is 10.6 Å². The minimum absolute atomic E-state index is 0.214. The fraction of sp³-hybridized carbons (Fsp3) is 0.250. The summed E-state index contributed by atoms with van der Waals surface area (Å²) < 4.78 is 27.4. The fourth-order valence-corrected chi connectivity index (χ4v) is 2.61. The van der Waals surface area contributed by atoms with E-state index < -0.39 is 11.6 Å². The molecule has 0 amide bonds. The Morgan fingerprint density at radius 3 is 2.38 bits per heavy atom. The average molecular weight is 375 g/mol. The molecule has 0 saturated heterocycles. The molecule has 0 saturated carbocycles. The molecular formula is C16H15BrClF2N. The highest BCUT2D eigenvalue weighted by Gasteiger charge is 2.16. The zero-order valence-corrected chi connectivity index (χ0v) is 13.8. The lowest BCUT2D eigenvalue weighted by Gasteiger charge is -2.20. The summed E-state index contributed by atoms with van der Waals surface area (Å²) in [5.41, 5.74) is 1.61. The van der Waals surface area contributed by atoms with Gasteiger partial charge in [0.2, 0.25) is 0 Å². The van der Waals surface area contributed by atoms with E-state index in [9.17, 15) is 8.78 Å². The van der Waals surface area contributed by atoms with Gasteiger partial charge in [0.1, 0.15) is 0 Å². The van der Waals surface area contributed by atoms with Crippen LogP contribution in [0.15, 0.2) is 40.9 Å². The minimum Gasteiger partial charge on any atom is -0.306 e. The largest absolute Gasteiger partial charge is 0.306 e. The van der Waals surface area contributed by atoms with Crippen molar-refractivity contribution >= 4 is 27.5 Å². The van der Waals surface area contributed by atoms with Gasteiger partial charge < -0.3 is 5.32 Å². The van der Waals surface area contributed by atoms with E-state index in [2.05, 4.69) is 21.2 Å². The molecule has 1 N–H and O–H groups in total. The summed E-state index contributed by atoms with van der Waals surface area (Å²) in [5, 5.41) is 3.95. The molecule has 1 nitrogen and oxygen atoms in total. The van der Waals surface area contributed by atoms with Crippen LogP contribution in [0.1, 0.15) is 30.5 Å². The summed E-state index contributed by atoms with van der Waals surface area (Å²) in [6.07, 6.45) is 0.939. The van der Waals surface area contributed by atoms with Crippen molar-refractivity contribution in [3.8, 4) is 0 Å². The summed E-state index contributed by atoms with van der Waals surface area (Å²) in [6, 6.07) is 9.30. The summed E-state index contributed by atoms with van der Waals surface area (Å²) in [7, 11) is 0. The molecule has 2 aromatic carbocycles. The van der Waals surface area contributed by atoms with Crippen molar-refractivity contribution in [3.63, 3.8) is 0 Å². The van der Waals surface area contributed by atoms with E-state index >= 15 is 0 Å². The zero-order chi connectivity index (χ0) is 15.4. The summed E-state index contributed by atoms with van der Waals surface area (Å²) in [4.78, 5) is 0. The lowest BCUT2D eigenvalue weighted by atomic mass is 9.98. The second-order valence-corrected chi connectivity index (χ2v) is 6.00. The van der Waals surface area contributed by atoms with Crippen molar-refractivity contribution in [2.75, 3.05) is 6.54 Å². The Bertz CT molecular complexity index is 582. The van der Waals surface area contributed by atoms with Crippen molar-refractivity contribution in [2.24, 2.45) is 0 Å². The Kier molecular flexibility index (Phi) is 5.73. The Morgan fingerprint density at radius 2 is 1.76 bits per heavy atom. The first kappa shape index (κ1) is 16.4. The van der Waals surface area contributed by atoms with Crippen molar-refractivity contribution in [1.29, 1.82) is 0 Å². The Labute approximate surface area is 136 Å². The van der Waals surface area contributed by atoms with Gasteiger partial charge in [-0.2, -0.15) is 0 Å². The molecule has 0 spiro atoms. The van der Waals surface area contributed by atoms with Gasteiger partial charge in [0.15, 0.2) is 11.6 Å². The van der Waals surface area contributed by atoms with Crippen molar-refractivity contribution in [3.05, 3.63) is 68.7 Å². The molecule has 112 valence electrons. The van der Waals surface area contributed by atoms with Crippen LogP contribution in [0, 0.1) is 11.6 Å². The van der Waals surface area contributed by atoms with Gasteiger partial charge in [-0.1, -0.05) is 30.7 Å². The number of rotatable bonds is 5. The standard InChI is InChI=1S/C16H15BrClF2N/c1-2-7-21-16(10-3-5-13(18)12(17)8-10)11-4-6-14(19)15(20)9-11/h3-6,8-9,16,21H,2,7H2,1H3. The molecule has 2 aromatic rings. The number of hydrogen-bond donors (Lipinski definition) is 1. The van der Waals surface area contributed by atoms with Crippen LogP contribution in [0.25, 0.3) is 0 Å². The lowest BCUT2D eigenvalue weighted by Crippen LogP contribution is -2.23. The van der Waals surface area contributed by atoms with Gasteiger partial charge >= 0.3 is 0 Å². The predicted molar refractivity (Wildman–Crippen MR) is 85.6 cm³/mol. The molecule has 0 aromatic heterocycles. The molecule has 2 rings (SSSR count). The average Bonchev–Trinajstić information content (AvgIpc) is 2.46. The van der Waals surface area contributed by atoms with Crippen molar-refractivity contribution in [2.45, 2.75) is 19.4 Å². The van der Waals surface area contributed by atoms with Crippen molar-refractivity contribution in [1.82, 2.24) is 5.32 Å². The molecule has 21 heavy (non-hydrogen) atoms. The molecule has 0 heterocycles. The van der Waals surface area contributed by atoms with Crippen LogP contribution in [0.2, 0.25) is 5.02 Å². The second kappa shape index (κ2) is 7.34. The van der Waals surface area contributed by atoms with Crippen LogP contribution in [-0.2, 0) is 0 Å². The van der Waals surface area contributed by atoms with Crippen molar-refractivity contribution < 1.29 is 8.78 Å². The SMILES string of the molecule is CCCNC(c1ccc(F)c(F)c1)c1ccc(Cl)c(Br)c1. The first-order valence-corrected chi connectivity index (χ1v) is 7.83. The maximum atomic E-state index is 13.5. The third-order valence-electron chi connectivity index (χ3n) is 3.15. The topological polar surface area (TPSA) is 12.0 Å². The van der Waals surface area contributed by atoms with Crippen LogP contribution in [-0.4, -0.2) is 6.54 Å². The van der Waals surface area contributed by atoms with Gasteiger partial charge in [0.25, 0.3) is 0 Å². The van der Waals surface area contributed by atoms with E-state index in [-0.39, 0.29) is 6.04 Å². The molecular weight excluding hydrogens is 360 g/mol. The molecule has 5 heteroatoms. The summed E-state index contributed by atoms with van der Waals surface area (Å²) in [6.45, 7) is 2.82. The lowest BCUT2D eigenvalue weighted by molar-refractivity contribution is 0.503. The molecule has 0 aliphatic carbocycles. The molecule has 1 unspecified atom stereocenters. The normalized spacial score (nSPS) is 12.4. The number of benzene rings is 2. The minimum atomic E-state index is -0.844. The highest BCUT2D eigenvalue weighted by molar-refractivity contribution is 9.10. The Balaban J connectivity index is 2.41. The van der Waals surface area contributed by atoms with Crippen LogP contribution in [0.4, 0.5) is 8.78 Å². The van der Waals surface area contributed by atoms with Gasteiger partial charge in [-0.05, 0) is 64.3 Å². The molecule has 1 atom stereocenters. The van der Waals surface area contributed by atoms with Gasteiger partial charge in [-0.25, -0.2) is 8.78 Å². The molecule has 0 bridgehead atoms. The maximum Gasteiger partial charge on any atom is 0.159 e. The fourth-order valence-electron chi connectivity index (χ4n) is 2.10. The Morgan fingerprint density at radius 1 is 1.10 bits per heavy atom. The molecule has 0 radical (unpaired) electrons. The van der Waals surface area contributed by atoms with E-state index in [1.807, 2.05) is 19.1 Å². The van der Waals surface area contributed by atoms with Gasteiger partial charge in [-0.15, -0.1) is 0 Å². The van der Waals surface area contributed by atoms with E-state index in [1.165, 1.54) is 6.07 Å². The predicted octanol–water partition coefficient (Wildman–Crippen LogP) is 5.47. The monoisotopic (exact) mass is 373 g/mol. The second-order valence-electron chi connectivity index (χ2n) is 4.73. The van der Waals surface area contributed by atoms with Crippen LogP contribution >= 0.6 is 27.5 Å². The van der Waals surface area contributed by atoms with Gasteiger partial charge in [-0.3, -0.25) is 0 Å². The Hall–Kier alpha value is -0.970. The highest BCUT2D eigenvalue weighted by Crippen LogP contribution is 2.29. The summed E-state index contributed by atoms with van der Waals surface area (Å²) >= 11 is 9.39. The van der Waals surface area contributed by atoms with Crippen LogP contribution < -0.4 is 5.32 Å². The number of hydrogen-bond acceptors (Lipinski definition) is 1. The number of halogens is 4. The van der Waals surface area contributed by atoms with Crippen LogP contribution in [0.3, 0.4) is 0 Å². The zero-order valence-electron chi connectivity index (χ0n) is 11.5. The van der Waals surface area contributed by atoms with E-state index in [1.54, 1.807) is 12.1 Å². The first-order valence-electron chi connectivity index (χ1n) is 6.66. The van der Waals surface area contributed by atoms with Gasteiger partial charge in [0.05, 0.1) is 11.1 Å². The van der Waals surface area contributed by atoms with E-state index in [4.69, 9.17) is 11.6 Å².